The molecule has 1 saturated heterocycles. The molecule has 0 radical (unpaired) electrons. The molecule has 0 aromatic heterocycles. The number of carbonyl (C=O) groups is 2. The van der Waals surface area contributed by atoms with Crippen molar-refractivity contribution in [2.75, 3.05) is 26.7 Å². The van der Waals surface area contributed by atoms with Gasteiger partial charge in [-0.05, 0) is 19.4 Å². The second-order valence-electron chi connectivity index (χ2n) is 4.35. The van der Waals surface area contributed by atoms with Gasteiger partial charge in [0, 0.05) is 6.54 Å². The Morgan fingerprint density at radius 2 is 2.11 bits per heavy atom. The summed E-state index contributed by atoms with van der Waals surface area (Å²) in [7, 11) is 1.15. The Morgan fingerprint density at radius 1 is 1.42 bits per heavy atom. The van der Waals surface area contributed by atoms with Gasteiger partial charge in [-0.25, -0.2) is 0 Å². The van der Waals surface area contributed by atoms with E-state index in [1.54, 1.807) is 0 Å². The van der Waals surface area contributed by atoms with Gasteiger partial charge >= 0.3 is 12.1 Å². The number of esters is 1. The summed E-state index contributed by atoms with van der Waals surface area (Å²) in [5.74, 6) is -1.25. The number of hydrogen-bond acceptors (Lipinski definition) is 4. The standard InChI is InChI=1S/C11H17F3N2O3/c1-19-9(17)4-6-16(7-11(12,13)14)10(18)8-3-2-5-15-8/h8,15H,2-7H2,1H3/t8-/m0/s1. The van der Waals surface area contributed by atoms with Gasteiger partial charge in [-0.1, -0.05) is 0 Å². The highest BCUT2D eigenvalue weighted by atomic mass is 19.4. The third-order valence-electron chi connectivity index (χ3n) is 2.85. The molecule has 0 unspecified atom stereocenters. The number of nitrogens with one attached hydrogen (secondary N) is 1. The van der Waals surface area contributed by atoms with Crippen molar-refractivity contribution in [2.24, 2.45) is 0 Å². The van der Waals surface area contributed by atoms with E-state index < -0.39 is 30.6 Å². The Balaban J connectivity index is 2.62. The number of carbonyl (C=O) groups excluding carboxylic acids is 2. The molecule has 0 spiro atoms. The maximum atomic E-state index is 12.4. The summed E-state index contributed by atoms with van der Waals surface area (Å²) in [5, 5.41) is 2.85. The first kappa shape index (κ1) is 15.7. The first-order chi connectivity index (χ1) is 8.83. The molecule has 1 heterocycles. The number of ether oxygens (including phenoxy) is 1. The van der Waals surface area contributed by atoms with Crippen molar-refractivity contribution >= 4 is 11.9 Å². The van der Waals surface area contributed by atoms with Crippen molar-refractivity contribution in [1.29, 1.82) is 0 Å². The molecular weight excluding hydrogens is 265 g/mol. The SMILES string of the molecule is COC(=O)CCN(CC(F)(F)F)C(=O)[C@@H]1CCCN1. The molecular formula is C11H17F3N2O3. The van der Waals surface area contributed by atoms with Crippen LogP contribution in [0.15, 0.2) is 0 Å². The van der Waals surface area contributed by atoms with Gasteiger partial charge in [-0.15, -0.1) is 0 Å². The first-order valence-electron chi connectivity index (χ1n) is 5.99. The molecule has 0 aromatic carbocycles. The van der Waals surface area contributed by atoms with E-state index in [0.29, 0.717) is 17.9 Å². The third kappa shape index (κ3) is 5.46. The van der Waals surface area contributed by atoms with Crippen molar-refractivity contribution in [3.63, 3.8) is 0 Å². The van der Waals surface area contributed by atoms with Gasteiger partial charge in [0.15, 0.2) is 0 Å². The largest absolute Gasteiger partial charge is 0.469 e. The highest BCUT2D eigenvalue weighted by Gasteiger charge is 2.36. The summed E-state index contributed by atoms with van der Waals surface area (Å²) < 4.78 is 41.6. The van der Waals surface area contributed by atoms with Crippen molar-refractivity contribution in [3.05, 3.63) is 0 Å². The molecule has 0 aliphatic carbocycles. The predicted octanol–water partition coefficient (Wildman–Crippen LogP) is 0.692. The smallest absolute Gasteiger partial charge is 0.406 e. The fourth-order valence-electron chi connectivity index (χ4n) is 1.93. The average Bonchev–Trinajstić information content (AvgIpc) is 2.85. The van der Waals surface area contributed by atoms with Gasteiger partial charge in [0.25, 0.3) is 0 Å². The van der Waals surface area contributed by atoms with E-state index in [0.717, 1.165) is 13.5 Å². The fourth-order valence-corrected chi connectivity index (χ4v) is 1.93. The molecule has 0 saturated carbocycles. The Labute approximate surface area is 109 Å². The van der Waals surface area contributed by atoms with E-state index >= 15 is 0 Å². The van der Waals surface area contributed by atoms with E-state index in [-0.39, 0.29) is 13.0 Å². The summed E-state index contributed by atoms with van der Waals surface area (Å²) in [4.78, 5) is 23.6. The van der Waals surface area contributed by atoms with Crippen LogP contribution in [-0.2, 0) is 14.3 Å². The molecule has 1 fully saturated rings. The molecule has 8 heteroatoms. The summed E-state index contributed by atoms with van der Waals surface area (Å²) in [6.07, 6.45) is -3.45. The molecule has 1 N–H and O–H groups in total. The van der Waals surface area contributed by atoms with E-state index in [9.17, 15) is 22.8 Å². The van der Waals surface area contributed by atoms with E-state index in [1.807, 2.05) is 0 Å². The fraction of sp³-hybridized carbons (Fsp3) is 0.818. The Hall–Kier alpha value is -1.31. The van der Waals surface area contributed by atoms with Crippen LogP contribution in [0.5, 0.6) is 0 Å². The summed E-state index contributed by atoms with van der Waals surface area (Å²) in [5.41, 5.74) is 0. The number of nitrogens with zero attached hydrogens (tertiary/aromatic N) is 1. The lowest BCUT2D eigenvalue weighted by molar-refractivity contribution is -0.163. The highest BCUT2D eigenvalue weighted by Crippen LogP contribution is 2.18. The van der Waals surface area contributed by atoms with Crippen molar-refractivity contribution in [2.45, 2.75) is 31.5 Å². The van der Waals surface area contributed by atoms with Crippen LogP contribution in [0.1, 0.15) is 19.3 Å². The zero-order valence-electron chi connectivity index (χ0n) is 10.6. The monoisotopic (exact) mass is 282 g/mol. The lowest BCUT2D eigenvalue weighted by Gasteiger charge is -2.26. The average molecular weight is 282 g/mol. The molecule has 1 amide bonds. The van der Waals surface area contributed by atoms with Crippen LogP contribution in [-0.4, -0.2) is 55.7 Å². The quantitative estimate of drug-likeness (QED) is 0.754. The number of rotatable bonds is 5. The number of hydrogen-bond donors (Lipinski definition) is 1. The van der Waals surface area contributed by atoms with Crippen LogP contribution in [0.2, 0.25) is 0 Å². The maximum absolute atomic E-state index is 12.4. The third-order valence-corrected chi connectivity index (χ3v) is 2.85. The van der Waals surface area contributed by atoms with Gasteiger partial charge in [0.2, 0.25) is 5.91 Å². The number of alkyl halides is 3. The lowest BCUT2D eigenvalue weighted by Crippen LogP contribution is -2.48. The Kier molecular flexibility index (Phi) is 5.59. The Bertz CT molecular complexity index is 328. The minimum Gasteiger partial charge on any atom is -0.469 e. The van der Waals surface area contributed by atoms with Gasteiger partial charge < -0.3 is 15.0 Å². The number of halogens is 3. The molecule has 1 atom stereocenters. The van der Waals surface area contributed by atoms with Crippen LogP contribution < -0.4 is 5.32 Å². The van der Waals surface area contributed by atoms with E-state index in [2.05, 4.69) is 10.1 Å². The highest BCUT2D eigenvalue weighted by molar-refractivity contribution is 5.82. The van der Waals surface area contributed by atoms with Crippen LogP contribution in [0.25, 0.3) is 0 Å². The summed E-state index contributed by atoms with van der Waals surface area (Å²) in [6, 6.07) is -0.583. The minimum atomic E-state index is -4.48. The second-order valence-corrected chi connectivity index (χ2v) is 4.35. The second kappa shape index (κ2) is 6.74. The summed E-state index contributed by atoms with van der Waals surface area (Å²) >= 11 is 0. The van der Waals surface area contributed by atoms with E-state index in [4.69, 9.17) is 0 Å². The van der Waals surface area contributed by atoms with Crippen LogP contribution in [0.4, 0.5) is 13.2 Å². The summed E-state index contributed by atoms with van der Waals surface area (Å²) in [6.45, 7) is -1.02. The molecule has 0 bridgehead atoms. The molecule has 5 nitrogen and oxygen atoms in total. The number of amides is 1. The minimum absolute atomic E-state index is 0.245. The number of methoxy groups -OCH3 is 1. The molecule has 1 rings (SSSR count). The maximum Gasteiger partial charge on any atom is 0.406 e. The molecule has 0 aromatic rings. The molecule has 19 heavy (non-hydrogen) atoms. The molecule has 1 aliphatic rings. The van der Waals surface area contributed by atoms with E-state index in [1.165, 1.54) is 0 Å². The van der Waals surface area contributed by atoms with Crippen molar-refractivity contribution in [3.8, 4) is 0 Å². The van der Waals surface area contributed by atoms with Gasteiger partial charge in [-0.2, -0.15) is 13.2 Å². The topological polar surface area (TPSA) is 58.6 Å². The molecule has 1 aliphatic heterocycles. The van der Waals surface area contributed by atoms with Crippen LogP contribution in [0.3, 0.4) is 0 Å². The van der Waals surface area contributed by atoms with Gasteiger partial charge in [0.1, 0.15) is 6.54 Å². The van der Waals surface area contributed by atoms with Crippen molar-refractivity contribution in [1.82, 2.24) is 10.2 Å². The zero-order chi connectivity index (χ0) is 14.5. The first-order valence-corrected chi connectivity index (χ1v) is 5.99. The Morgan fingerprint density at radius 3 is 2.58 bits per heavy atom. The van der Waals surface area contributed by atoms with Crippen LogP contribution in [0, 0.1) is 0 Å². The lowest BCUT2D eigenvalue weighted by atomic mass is 10.2. The molecule has 110 valence electrons. The van der Waals surface area contributed by atoms with Gasteiger partial charge in [0.05, 0.1) is 19.6 Å². The predicted molar refractivity (Wildman–Crippen MR) is 60.3 cm³/mol. The normalized spacial score (nSPS) is 19.3. The van der Waals surface area contributed by atoms with Gasteiger partial charge in [-0.3, -0.25) is 9.59 Å². The zero-order valence-corrected chi connectivity index (χ0v) is 10.6. The van der Waals surface area contributed by atoms with Crippen molar-refractivity contribution < 1.29 is 27.5 Å². The van der Waals surface area contributed by atoms with Crippen LogP contribution >= 0.6 is 0 Å².